The summed E-state index contributed by atoms with van der Waals surface area (Å²) in [6.45, 7) is 1.47. The van der Waals surface area contributed by atoms with Gasteiger partial charge in [-0.25, -0.2) is 4.79 Å². The number of rotatable bonds is 2. The molecule has 15 heavy (non-hydrogen) atoms. The molecule has 1 N–H and O–H groups in total. The van der Waals surface area contributed by atoms with Crippen molar-refractivity contribution in [1.82, 2.24) is 4.90 Å². The third-order valence-corrected chi connectivity index (χ3v) is 1.95. The van der Waals surface area contributed by atoms with E-state index in [1.165, 1.54) is 11.8 Å². The molecule has 0 bridgehead atoms. The molecule has 1 aromatic rings. The summed E-state index contributed by atoms with van der Waals surface area (Å²) in [5.41, 5.74) is 1.07. The van der Waals surface area contributed by atoms with E-state index in [1.54, 1.807) is 38.4 Å². The molecule has 4 heteroatoms. The third-order valence-electron chi connectivity index (χ3n) is 1.95. The van der Waals surface area contributed by atoms with Gasteiger partial charge in [0, 0.05) is 19.7 Å². The number of amides is 2. The SMILES string of the molecule is CC(=O)c1ccccc1NC(=O)N(C)C. The van der Waals surface area contributed by atoms with E-state index in [0.717, 1.165) is 0 Å². The lowest BCUT2D eigenvalue weighted by Gasteiger charge is -2.13. The Hall–Kier alpha value is -1.84. The largest absolute Gasteiger partial charge is 0.331 e. The maximum Gasteiger partial charge on any atom is 0.321 e. The van der Waals surface area contributed by atoms with E-state index in [2.05, 4.69) is 5.32 Å². The zero-order valence-electron chi connectivity index (χ0n) is 9.07. The standard InChI is InChI=1S/C11H14N2O2/c1-8(14)9-6-4-5-7-10(9)12-11(15)13(2)3/h4-7H,1-3H3,(H,12,15). The van der Waals surface area contributed by atoms with Gasteiger partial charge in [-0.3, -0.25) is 4.79 Å². The minimum absolute atomic E-state index is 0.0651. The second-order valence-electron chi connectivity index (χ2n) is 3.43. The molecule has 0 radical (unpaired) electrons. The Labute approximate surface area is 88.9 Å². The zero-order chi connectivity index (χ0) is 11.4. The average molecular weight is 206 g/mol. The van der Waals surface area contributed by atoms with Crippen LogP contribution in [0.2, 0.25) is 0 Å². The molecule has 80 valence electrons. The minimum Gasteiger partial charge on any atom is -0.331 e. The van der Waals surface area contributed by atoms with Crippen molar-refractivity contribution < 1.29 is 9.59 Å². The number of benzene rings is 1. The van der Waals surface area contributed by atoms with Gasteiger partial charge in [0.15, 0.2) is 5.78 Å². The van der Waals surface area contributed by atoms with Gasteiger partial charge in [-0.15, -0.1) is 0 Å². The third kappa shape index (κ3) is 2.80. The zero-order valence-corrected chi connectivity index (χ0v) is 9.07. The van der Waals surface area contributed by atoms with Crippen LogP contribution in [0.1, 0.15) is 17.3 Å². The normalized spacial score (nSPS) is 9.53. The van der Waals surface area contributed by atoms with Gasteiger partial charge in [0.1, 0.15) is 0 Å². The van der Waals surface area contributed by atoms with Crippen molar-refractivity contribution in [3.8, 4) is 0 Å². The van der Waals surface area contributed by atoms with E-state index in [-0.39, 0.29) is 11.8 Å². The number of nitrogens with zero attached hydrogens (tertiary/aromatic N) is 1. The van der Waals surface area contributed by atoms with E-state index < -0.39 is 0 Å². The van der Waals surface area contributed by atoms with Crippen molar-refractivity contribution in [3.05, 3.63) is 29.8 Å². The molecule has 0 aliphatic heterocycles. The van der Waals surface area contributed by atoms with Crippen LogP contribution in [0.3, 0.4) is 0 Å². The number of hydrogen-bond donors (Lipinski definition) is 1. The van der Waals surface area contributed by atoms with Gasteiger partial charge in [0.25, 0.3) is 0 Å². The Kier molecular flexibility index (Phi) is 3.44. The Morgan fingerprint density at radius 2 is 1.80 bits per heavy atom. The molecule has 1 rings (SSSR count). The Bertz CT molecular complexity index is 386. The lowest BCUT2D eigenvalue weighted by molar-refractivity contribution is 0.101. The maximum atomic E-state index is 11.4. The van der Waals surface area contributed by atoms with Crippen molar-refractivity contribution in [1.29, 1.82) is 0 Å². The van der Waals surface area contributed by atoms with Gasteiger partial charge in [0.05, 0.1) is 5.69 Å². The number of carbonyl (C=O) groups excluding carboxylic acids is 2. The lowest BCUT2D eigenvalue weighted by Crippen LogP contribution is -2.28. The van der Waals surface area contributed by atoms with Crippen molar-refractivity contribution in [2.75, 3.05) is 19.4 Å². The van der Waals surface area contributed by atoms with Crippen molar-refractivity contribution in [2.45, 2.75) is 6.92 Å². The van der Waals surface area contributed by atoms with Crippen molar-refractivity contribution in [3.63, 3.8) is 0 Å². The molecule has 0 aliphatic carbocycles. The number of urea groups is 1. The lowest BCUT2D eigenvalue weighted by atomic mass is 10.1. The highest BCUT2D eigenvalue weighted by molar-refractivity contribution is 6.03. The molecule has 1 aromatic carbocycles. The van der Waals surface area contributed by atoms with Crippen molar-refractivity contribution in [2.24, 2.45) is 0 Å². The number of Topliss-reactive ketones (excluding diaryl/α,β-unsaturated/α-hetero) is 1. The number of para-hydroxylation sites is 1. The first-order valence-electron chi connectivity index (χ1n) is 4.60. The molecule has 0 aromatic heterocycles. The summed E-state index contributed by atoms with van der Waals surface area (Å²) in [6, 6.07) is 6.69. The highest BCUT2D eigenvalue weighted by atomic mass is 16.2. The molecular weight excluding hydrogens is 192 g/mol. The summed E-state index contributed by atoms with van der Waals surface area (Å²) < 4.78 is 0. The van der Waals surface area contributed by atoms with Crippen LogP contribution >= 0.6 is 0 Å². The highest BCUT2D eigenvalue weighted by Crippen LogP contribution is 2.15. The van der Waals surface area contributed by atoms with Crippen LogP contribution in [0.25, 0.3) is 0 Å². The second kappa shape index (κ2) is 4.59. The minimum atomic E-state index is -0.247. The number of ketones is 1. The summed E-state index contributed by atoms with van der Waals surface area (Å²) in [4.78, 5) is 24.1. The van der Waals surface area contributed by atoms with Crippen LogP contribution in [-0.4, -0.2) is 30.8 Å². The van der Waals surface area contributed by atoms with Crippen LogP contribution < -0.4 is 5.32 Å². The first-order valence-corrected chi connectivity index (χ1v) is 4.60. The van der Waals surface area contributed by atoms with E-state index in [1.807, 2.05) is 0 Å². The van der Waals surface area contributed by atoms with E-state index in [0.29, 0.717) is 11.3 Å². The molecule has 0 spiro atoms. The fourth-order valence-electron chi connectivity index (χ4n) is 1.13. The molecule has 0 unspecified atom stereocenters. The molecule has 4 nitrogen and oxygen atoms in total. The van der Waals surface area contributed by atoms with E-state index in [9.17, 15) is 9.59 Å². The molecule has 0 atom stereocenters. The van der Waals surface area contributed by atoms with E-state index in [4.69, 9.17) is 0 Å². The number of hydrogen-bond acceptors (Lipinski definition) is 2. The molecule has 0 heterocycles. The number of nitrogens with one attached hydrogen (secondary N) is 1. The average Bonchev–Trinajstić information content (AvgIpc) is 2.18. The quantitative estimate of drug-likeness (QED) is 0.752. The van der Waals surface area contributed by atoms with Gasteiger partial charge in [-0.2, -0.15) is 0 Å². The molecule has 0 saturated heterocycles. The fraction of sp³-hybridized carbons (Fsp3) is 0.273. The van der Waals surface area contributed by atoms with Gasteiger partial charge in [-0.05, 0) is 19.1 Å². The summed E-state index contributed by atoms with van der Waals surface area (Å²) in [5.74, 6) is -0.0651. The molecule has 0 fully saturated rings. The van der Waals surface area contributed by atoms with Gasteiger partial charge < -0.3 is 10.2 Å². The predicted octanol–water partition coefficient (Wildman–Crippen LogP) is 1.98. The number of anilines is 1. The monoisotopic (exact) mass is 206 g/mol. The van der Waals surface area contributed by atoms with Gasteiger partial charge in [0.2, 0.25) is 0 Å². The van der Waals surface area contributed by atoms with Crippen LogP contribution in [0, 0.1) is 0 Å². The van der Waals surface area contributed by atoms with Gasteiger partial charge >= 0.3 is 6.03 Å². The van der Waals surface area contributed by atoms with Crippen LogP contribution in [0.4, 0.5) is 10.5 Å². The summed E-state index contributed by atoms with van der Waals surface area (Å²) in [5, 5.41) is 2.66. The summed E-state index contributed by atoms with van der Waals surface area (Å²) >= 11 is 0. The van der Waals surface area contributed by atoms with E-state index >= 15 is 0 Å². The summed E-state index contributed by atoms with van der Waals surface area (Å²) in [6.07, 6.45) is 0. The number of carbonyl (C=O) groups is 2. The molecule has 0 saturated carbocycles. The molecular formula is C11H14N2O2. The fourth-order valence-corrected chi connectivity index (χ4v) is 1.13. The smallest absolute Gasteiger partial charge is 0.321 e. The second-order valence-corrected chi connectivity index (χ2v) is 3.43. The van der Waals surface area contributed by atoms with Crippen LogP contribution in [0.5, 0.6) is 0 Å². The Morgan fingerprint density at radius 3 is 2.33 bits per heavy atom. The Morgan fingerprint density at radius 1 is 1.20 bits per heavy atom. The molecule has 2 amide bonds. The van der Waals surface area contributed by atoms with Crippen LogP contribution in [-0.2, 0) is 0 Å². The Balaban J connectivity index is 2.94. The summed E-state index contributed by atoms with van der Waals surface area (Å²) in [7, 11) is 3.29. The maximum absolute atomic E-state index is 11.4. The predicted molar refractivity (Wildman–Crippen MR) is 59.2 cm³/mol. The molecule has 0 aliphatic rings. The topological polar surface area (TPSA) is 49.4 Å². The van der Waals surface area contributed by atoms with Crippen molar-refractivity contribution >= 4 is 17.5 Å². The highest BCUT2D eigenvalue weighted by Gasteiger charge is 2.09. The first kappa shape index (κ1) is 11.2. The van der Waals surface area contributed by atoms with Crippen LogP contribution in [0.15, 0.2) is 24.3 Å². The van der Waals surface area contributed by atoms with Gasteiger partial charge in [-0.1, -0.05) is 12.1 Å². The first-order chi connectivity index (χ1) is 7.02.